The van der Waals surface area contributed by atoms with Gasteiger partial charge in [-0.3, -0.25) is 0 Å². The van der Waals surface area contributed by atoms with Crippen molar-refractivity contribution in [1.82, 2.24) is 0 Å². The van der Waals surface area contributed by atoms with E-state index in [1.165, 1.54) is 6.42 Å². The summed E-state index contributed by atoms with van der Waals surface area (Å²) in [6.07, 6.45) is 3.25. The summed E-state index contributed by atoms with van der Waals surface area (Å²) < 4.78 is 16.5. The molecule has 1 fully saturated rings. The van der Waals surface area contributed by atoms with Crippen LogP contribution in [0.25, 0.3) is 0 Å². The fraction of sp³-hybridized carbons (Fsp3) is 0.609. The van der Waals surface area contributed by atoms with E-state index in [2.05, 4.69) is 6.92 Å². The number of hydrogen-bond donors (Lipinski definition) is 1. The molecule has 2 rings (SSSR count). The standard InChI is InChI=1S/C23H34O5/c1-16(2)19(15-27-14-18-9-11-20(26-4)12-10-18)13-21(24)23(25)28-22-8-6-5-7-17(22)3/h9-12,17,21-22,24H,5-8,13-15H2,1-4H3. The predicted octanol–water partition coefficient (Wildman–Crippen LogP) is 4.42. The van der Waals surface area contributed by atoms with Gasteiger partial charge in [0.05, 0.1) is 20.3 Å². The molecule has 28 heavy (non-hydrogen) atoms. The van der Waals surface area contributed by atoms with Crippen molar-refractivity contribution in [1.29, 1.82) is 0 Å². The summed E-state index contributed by atoms with van der Waals surface area (Å²) in [7, 11) is 1.64. The third kappa shape index (κ3) is 6.95. The van der Waals surface area contributed by atoms with Crippen LogP contribution >= 0.6 is 0 Å². The lowest BCUT2D eigenvalue weighted by Gasteiger charge is -2.29. The highest BCUT2D eigenvalue weighted by atomic mass is 16.6. The SMILES string of the molecule is COc1ccc(COCC(CC(O)C(=O)OC2CCCCC2C)=C(C)C)cc1. The van der Waals surface area contributed by atoms with E-state index in [9.17, 15) is 9.90 Å². The number of aliphatic hydroxyl groups is 1. The molecular formula is C23H34O5. The lowest BCUT2D eigenvalue weighted by atomic mass is 9.88. The van der Waals surface area contributed by atoms with Gasteiger partial charge in [0, 0.05) is 6.42 Å². The van der Waals surface area contributed by atoms with E-state index < -0.39 is 12.1 Å². The minimum atomic E-state index is -1.15. The Morgan fingerprint density at radius 1 is 1.18 bits per heavy atom. The van der Waals surface area contributed by atoms with Crippen molar-refractivity contribution in [2.24, 2.45) is 5.92 Å². The molecular weight excluding hydrogens is 356 g/mol. The topological polar surface area (TPSA) is 65.0 Å². The van der Waals surface area contributed by atoms with Crippen molar-refractivity contribution in [3.05, 3.63) is 41.0 Å². The Bertz CT molecular complexity index is 645. The number of hydrogen-bond acceptors (Lipinski definition) is 5. The number of carbonyl (C=O) groups is 1. The molecule has 0 bridgehead atoms. The summed E-state index contributed by atoms with van der Waals surface area (Å²) in [6, 6.07) is 7.70. The van der Waals surface area contributed by atoms with Crippen LogP contribution in [0.5, 0.6) is 5.75 Å². The molecule has 1 N–H and O–H groups in total. The predicted molar refractivity (Wildman–Crippen MR) is 109 cm³/mol. The van der Waals surface area contributed by atoms with Gasteiger partial charge in [0.2, 0.25) is 0 Å². The molecule has 5 nitrogen and oxygen atoms in total. The Kier molecular flexibility index (Phi) is 9.00. The van der Waals surface area contributed by atoms with E-state index in [0.717, 1.165) is 41.7 Å². The maximum absolute atomic E-state index is 12.3. The summed E-state index contributed by atoms with van der Waals surface area (Å²) in [5.74, 6) is 0.649. The van der Waals surface area contributed by atoms with E-state index in [-0.39, 0.29) is 12.5 Å². The Morgan fingerprint density at radius 2 is 1.86 bits per heavy atom. The molecule has 3 atom stereocenters. The third-order valence-corrected chi connectivity index (χ3v) is 5.42. The quantitative estimate of drug-likeness (QED) is 0.499. The first kappa shape index (κ1) is 22.4. The van der Waals surface area contributed by atoms with E-state index in [0.29, 0.717) is 19.1 Å². The Balaban J connectivity index is 1.82. The van der Waals surface area contributed by atoms with Crippen LogP contribution in [0.2, 0.25) is 0 Å². The molecule has 1 aromatic rings. The van der Waals surface area contributed by atoms with Crippen LogP contribution in [0.15, 0.2) is 35.4 Å². The zero-order chi connectivity index (χ0) is 20.5. The highest BCUT2D eigenvalue weighted by molar-refractivity contribution is 5.75. The molecule has 1 aliphatic carbocycles. The number of ether oxygens (including phenoxy) is 3. The van der Waals surface area contributed by atoms with E-state index in [1.807, 2.05) is 38.1 Å². The second kappa shape index (κ2) is 11.2. The van der Waals surface area contributed by atoms with E-state index >= 15 is 0 Å². The van der Waals surface area contributed by atoms with Crippen molar-refractivity contribution in [2.75, 3.05) is 13.7 Å². The Labute approximate surface area is 168 Å². The zero-order valence-electron chi connectivity index (χ0n) is 17.6. The normalized spacial score (nSPS) is 20.3. The molecule has 0 aromatic heterocycles. The second-order valence-electron chi connectivity index (χ2n) is 7.90. The van der Waals surface area contributed by atoms with E-state index in [4.69, 9.17) is 14.2 Å². The van der Waals surface area contributed by atoms with Gasteiger partial charge in [-0.05, 0) is 62.3 Å². The first-order valence-electron chi connectivity index (χ1n) is 10.1. The average molecular weight is 391 g/mol. The second-order valence-corrected chi connectivity index (χ2v) is 7.90. The zero-order valence-corrected chi connectivity index (χ0v) is 17.6. The van der Waals surface area contributed by atoms with Crippen LogP contribution < -0.4 is 4.74 Å². The molecule has 0 spiro atoms. The minimum absolute atomic E-state index is 0.0719. The van der Waals surface area contributed by atoms with Crippen molar-refractivity contribution >= 4 is 5.97 Å². The summed E-state index contributed by atoms with van der Waals surface area (Å²) in [6.45, 7) is 6.87. The van der Waals surface area contributed by atoms with Crippen molar-refractivity contribution in [3.63, 3.8) is 0 Å². The highest BCUT2D eigenvalue weighted by Gasteiger charge is 2.28. The largest absolute Gasteiger partial charge is 0.497 e. The maximum Gasteiger partial charge on any atom is 0.335 e. The number of carbonyl (C=O) groups excluding carboxylic acids is 1. The van der Waals surface area contributed by atoms with Crippen molar-refractivity contribution in [2.45, 2.75) is 71.7 Å². The number of benzene rings is 1. The van der Waals surface area contributed by atoms with Gasteiger partial charge < -0.3 is 19.3 Å². The van der Waals surface area contributed by atoms with Crippen LogP contribution in [0.1, 0.15) is 58.4 Å². The molecule has 0 amide bonds. The van der Waals surface area contributed by atoms with Gasteiger partial charge >= 0.3 is 5.97 Å². The van der Waals surface area contributed by atoms with Crippen molar-refractivity contribution < 1.29 is 24.1 Å². The van der Waals surface area contributed by atoms with Crippen LogP contribution in [0, 0.1) is 5.92 Å². The average Bonchev–Trinajstić information content (AvgIpc) is 2.69. The number of aliphatic hydroxyl groups excluding tert-OH is 1. The maximum atomic E-state index is 12.3. The first-order valence-corrected chi connectivity index (χ1v) is 10.1. The van der Waals surface area contributed by atoms with Gasteiger partial charge in [0.15, 0.2) is 6.10 Å². The van der Waals surface area contributed by atoms with Gasteiger partial charge in [0.25, 0.3) is 0 Å². The fourth-order valence-corrected chi connectivity index (χ4v) is 3.42. The molecule has 3 unspecified atom stereocenters. The molecule has 1 aromatic carbocycles. The van der Waals surface area contributed by atoms with Gasteiger partial charge in [-0.15, -0.1) is 0 Å². The molecule has 156 valence electrons. The lowest BCUT2D eigenvalue weighted by Crippen LogP contribution is -2.33. The lowest BCUT2D eigenvalue weighted by molar-refractivity contribution is -0.163. The summed E-state index contributed by atoms with van der Waals surface area (Å²) in [5, 5.41) is 10.3. The fourth-order valence-electron chi connectivity index (χ4n) is 3.42. The van der Waals surface area contributed by atoms with Crippen LogP contribution in [0.4, 0.5) is 0 Å². The monoisotopic (exact) mass is 390 g/mol. The van der Waals surface area contributed by atoms with Crippen molar-refractivity contribution in [3.8, 4) is 5.75 Å². The highest BCUT2D eigenvalue weighted by Crippen LogP contribution is 2.27. The van der Waals surface area contributed by atoms with Gasteiger partial charge in [-0.1, -0.05) is 31.1 Å². The summed E-state index contributed by atoms with van der Waals surface area (Å²) >= 11 is 0. The number of esters is 1. The van der Waals surface area contributed by atoms with E-state index in [1.54, 1.807) is 7.11 Å². The van der Waals surface area contributed by atoms with Gasteiger partial charge in [-0.2, -0.15) is 0 Å². The minimum Gasteiger partial charge on any atom is -0.497 e. The first-order chi connectivity index (χ1) is 13.4. The van der Waals surface area contributed by atoms with Gasteiger partial charge in [0.1, 0.15) is 11.9 Å². The molecule has 0 aliphatic heterocycles. The van der Waals surface area contributed by atoms with Crippen LogP contribution in [-0.2, 0) is 20.9 Å². The smallest absolute Gasteiger partial charge is 0.335 e. The Hall–Kier alpha value is -1.85. The molecule has 0 radical (unpaired) electrons. The third-order valence-electron chi connectivity index (χ3n) is 5.42. The molecule has 0 heterocycles. The van der Waals surface area contributed by atoms with Crippen LogP contribution in [0.3, 0.4) is 0 Å². The summed E-state index contributed by atoms with van der Waals surface area (Å²) in [4.78, 5) is 12.3. The number of allylic oxidation sites excluding steroid dienone is 1. The summed E-state index contributed by atoms with van der Waals surface area (Å²) in [5.41, 5.74) is 3.02. The molecule has 5 heteroatoms. The van der Waals surface area contributed by atoms with Crippen LogP contribution in [-0.4, -0.2) is 37.0 Å². The molecule has 1 aliphatic rings. The molecule has 1 saturated carbocycles. The number of rotatable bonds is 9. The number of methoxy groups -OCH3 is 1. The van der Waals surface area contributed by atoms with Gasteiger partial charge in [-0.25, -0.2) is 4.79 Å². The molecule has 0 saturated heterocycles. The Morgan fingerprint density at radius 3 is 2.46 bits per heavy atom.